The second-order valence-electron chi connectivity index (χ2n) is 5.07. The lowest BCUT2D eigenvalue weighted by Crippen LogP contribution is -2.22. The summed E-state index contributed by atoms with van der Waals surface area (Å²) in [7, 11) is 1.89. The van der Waals surface area contributed by atoms with Gasteiger partial charge >= 0.3 is 0 Å². The molecule has 0 aliphatic rings. The number of benzene rings is 1. The van der Waals surface area contributed by atoms with Gasteiger partial charge in [-0.15, -0.1) is 0 Å². The summed E-state index contributed by atoms with van der Waals surface area (Å²) in [6, 6.07) is 6.23. The SMILES string of the molecule is CC(C)NCc1cccc(Cl)c1OCc1cnn(C)c1. The molecule has 0 aliphatic heterocycles. The monoisotopic (exact) mass is 293 g/mol. The van der Waals surface area contributed by atoms with Crippen LogP contribution < -0.4 is 10.1 Å². The number of nitrogens with one attached hydrogen (secondary N) is 1. The van der Waals surface area contributed by atoms with Crippen LogP contribution in [0.5, 0.6) is 5.75 Å². The molecule has 0 aliphatic carbocycles. The summed E-state index contributed by atoms with van der Waals surface area (Å²) < 4.78 is 7.63. The summed E-state index contributed by atoms with van der Waals surface area (Å²) in [6.07, 6.45) is 3.73. The average Bonchev–Trinajstić information content (AvgIpc) is 2.81. The zero-order valence-corrected chi connectivity index (χ0v) is 12.8. The molecule has 0 radical (unpaired) electrons. The first kappa shape index (κ1) is 14.9. The van der Waals surface area contributed by atoms with Crippen molar-refractivity contribution >= 4 is 11.6 Å². The van der Waals surface area contributed by atoms with Gasteiger partial charge < -0.3 is 10.1 Å². The number of nitrogens with zero attached hydrogens (tertiary/aromatic N) is 2. The van der Waals surface area contributed by atoms with Gasteiger partial charge in [0.2, 0.25) is 0 Å². The van der Waals surface area contributed by atoms with Crippen molar-refractivity contribution in [1.82, 2.24) is 15.1 Å². The largest absolute Gasteiger partial charge is 0.487 e. The van der Waals surface area contributed by atoms with Crippen molar-refractivity contribution < 1.29 is 4.74 Å². The maximum atomic E-state index is 6.24. The first-order chi connectivity index (χ1) is 9.56. The van der Waals surface area contributed by atoms with Gasteiger partial charge in [0.1, 0.15) is 12.4 Å². The lowest BCUT2D eigenvalue weighted by molar-refractivity contribution is 0.302. The van der Waals surface area contributed by atoms with Crippen LogP contribution in [0, 0.1) is 0 Å². The van der Waals surface area contributed by atoms with Crippen LogP contribution in [0.3, 0.4) is 0 Å². The van der Waals surface area contributed by atoms with Gasteiger partial charge in [-0.2, -0.15) is 5.10 Å². The highest BCUT2D eigenvalue weighted by molar-refractivity contribution is 6.32. The fourth-order valence-electron chi connectivity index (χ4n) is 1.87. The molecule has 0 bridgehead atoms. The quantitative estimate of drug-likeness (QED) is 0.889. The molecule has 20 heavy (non-hydrogen) atoms. The lowest BCUT2D eigenvalue weighted by atomic mass is 10.2. The fourth-order valence-corrected chi connectivity index (χ4v) is 2.12. The van der Waals surface area contributed by atoms with E-state index in [1.165, 1.54) is 0 Å². The van der Waals surface area contributed by atoms with E-state index in [0.29, 0.717) is 17.7 Å². The van der Waals surface area contributed by atoms with Gasteiger partial charge in [0.05, 0.1) is 11.2 Å². The topological polar surface area (TPSA) is 39.1 Å². The standard InChI is InChI=1S/C15H20ClN3O/c1-11(2)17-8-13-5-4-6-14(16)15(13)20-10-12-7-18-19(3)9-12/h4-7,9,11,17H,8,10H2,1-3H3. The van der Waals surface area contributed by atoms with Crippen LogP contribution in [0.1, 0.15) is 25.0 Å². The molecule has 0 unspecified atom stereocenters. The highest BCUT2D eigenvalue weighted by Gasteiger charge is 2.09. The maximum absolute atomic E-state index is 6.24. The number of rotatable bonds is 6. The summed E-state index contributed by atoms with van der Waals surface area (Å²) in [5.41, 5.74) is 2.09. The molecule has 0 spiro atoms. The number of halogens is 1. The summed E-state index contributed by atoms with van der Waals surface area (Å²) >= 11 is 6.24. The minimum absolute atomic E-state index is 0.417. The van der Waals surface area contributed by atoms with E-state index < -0.39 is 0 Å². The predicted molar refractivity (Wildman–Crippen MR) is 81.0 cm³/mol. The van der Waals surface area contributed by atoms with Crippen LogP contribution in [0.4, 0.5) is 0 Å². The van der Waals surface area contributed by atoms with E-state index in [2.05, 4.69) is 24.3 Å². The number of hydrogen-bond donors (Lipinski definition) is 1. The van der Waals surface area contributed by atoms with Crippen molar-refractivity contribution in [3.05, 3.63) is 46.7 Å². The molecule has 1 heterocycles. The summed E-state index contributed by atoms with van der Waals surface area (Å²) in [5.74, 6) is 0.742. The molecular weight excluding hydrogens is 274 g/mol. The summed E-state index contributed by atoms with van der Waals surface area (Å²) in [5, 5.41) is 8.14. The maximum Gasteiger partial charge on any atom is 0.142 e. The Hall–Kier alpha value is -1.52. The first-order valence-electron chi connectivity index (χ1n) is 6.67. The lowest BCUT2D eigenvalue weighted by Gasteiger charge is -2.14. The van der Waals surface area contributed by atoms with Crippen LogP contribution in [0.25, 0.3) is 0 Å². The van der Waals surface area contributed by atoms with Crippen molar-refractivity contribution in [2.45, 2.75) is 33.0 Å². The number of para-hydroxylation sites is 1. The van der Waals surface area contributed by atoms with Crippen LogP contribution >= 0.6 is 11.6 Å². The van der Waals surface area contributed by atoms with Gasteiger partial charge in [-0.25, -0.2) is 0 Å². The van der Waals surface area contributed by atoms with E-state index in [1.807, 2.05) is 31.4 Å². The second kappa shape index (κ2) is 6.77. The Morgan fingerprint density at radius 3 is 2.85 bits per heavy atom. The predicted octanol–water partition coefficient (Wildman–Crippen LogP) is 3.15. The average molecular weight is 294 g/mol. The van der Waals surface area contributed by atoms with E-state index in [9.17, 15) is 0 Å². The molecule has 0 saturated heterocycles. The molecule has 1 aromatic heterocycles. The molecule has 0 fully saturated rings. The van der Waals surface area contributed by atoms with Crippen LogP contribution in [0.15, 0.2) is 30.6 Å². The molecule has 2 rings (SSSR count). The molecule has 108 valence electrons. The van der Waals surface area contributed by atoms with E-state index in [4.69, 9.17) is 16.3 Å². The normalized spacial score (nSPS) is 11.1. The zero-order chi connectivity index (χ0) is 14.5. The molecule has 0 saturated carbocycles. The third kappa shape index (κ3) is 3.99. The molecule has 0 amide bonds. The van der Waals surface area contributed by atoms with E-state index >= 15 is 0 Å². The minimum Gasteiger partial charge on any atom is -0.487 e. The Labute approximate surface area is 124 Å². The first-order valence-corrected chi connectivity index (χ1v) is 7.05. The van der Waals surface area contributed by atoms with Gasteiger partial charge in [0, 0.05) is 37.0 Å². The van der Waals surface area contributed by atoms with Crippen molar-refractivity contribution in [1.29, 1.82) is 0 Å². The highest BCUT2D eigenvalue weighted by atomic mass is 35.5. The number of ether oxygens (including phenoxy) is 1. The molecule has 0 atom stereocenters. The van der Waals surface area contributed by atoms with Gasteiger partial charge in [-0.3, -0.25) is 4.68 Å². The Balaban J connectivity index is 2.08. The van der Waals surface area contributed by atoms with E-state index in [1.54, 1.807) is 10.9 Å². The van der Waals surface area contributed by atoms with Gasteiger partial charge in [0.25, 0.3) is 0 Å². The number of hydrogen-bond acceptors (Lipinski definition) is 3. The van der Waals surface area contributed by atoms with Crippen molar-refractivity contribution in [2.24, 2.45) is 7.05 Å². The van der Waals surface area contributed by atoms with Crippen LogP contribution in [0.2, 0.25) is 5.02 Å². The fraction of sp³-hybridized carbons (Fsp3) is 0.400. The van der Waals surface area contributed by atoms with Gasteiger partial charge in [-0.1, -0.05) is 37.6 Å². The van der Waals surface area contributed by atoms with Gasteiger partial charge in [-0.05, 0) is 6.07 Å². The molecular formula is C15H20ClN3O. The zero-order valence-electron chi connectivity index (χ0n) is 12.1. The number of aryl methyl sites for hydroxylation is 1. The summed E-state index contributed by atoms with van der Waals surface area (Å²) in [6.45, 7) is 5.42. The molecule has 1 N–H and O–H groups in total. The smallest absolute Gasteiger partial charge is 0.142 e. The number of aromatic nitrogens is 2. The Morgan fingerprint density at radius 1 is 1.40 bits per heavy atom. The van der Waals surface area contributed by atoms with Crippen molar-refractivity contribution in [2.75, 3.05) is 0 Å². The van der Waals surface area contributed by atoms with Crippen molar-refractivity contribution in [3.63, 3.8) is 0 Å². The third-order valence-electron chi connectivity index (χ3n) is 2.89. The Kier molecular flexibility index (Phi) is 5.04. The summed E-state index contributed by atoms with van der Waals surface area (Å²) in [4.78, 5) is 0. The van der Waals surface area contributed by atoms with E-state index in [-0.39, 0.29) is 0 Å². The molecule has 2 aromatic rings. The van der Waals surface area contributed by atoms with Crippen molar-refractivity contribution in [3.8, 4) is 5.75 Å². The Bertz CT molecular complexity index is 566. The highest BCUT2D eigenvalue weighted by Crippen LogP contribution is 2.29. The van der Waals surface area contributed by atoms with Crippen LogP contribution in [-0.4, -0.2) is 15.8 Å². The Morgan fingerprint density at radius 2 is 2.20 bits per heavy atom. The molecule has 4 nitrogen and oxygen atoms in total. The second-order valence-corrected chi connectivity index (χ2v) is 5.48. The van der Waals surface area contributed by atoms with Crippen LogP contribution in [-0.2, 0) is 20.2 Å². The third-order valence-corrected chi connectivity index (χ3v) is 3.19. The molecule has 5 heteroatoms. The van der Waals surface area contributed by atoms with E-state index in [0.717, 1.165) is 23.4 Å². The van der Waals surface area contributed by atoms with Gasteiger partial charge in [0.15, 0.2) is 0 Å². The minimum atomic E-state index is 0.417. The molecule has 1 aromatic carbocycles.